The summed E-state index contributed by atoms with van der Waals surface area (Å²) < 4.78 is 127. The molecule has 0 aromatic rings. The van der Waals surface area contributed by atoms with E-state index in [0.717, 1.165) is 11.8 Å². The third-order valence-electron chi connectivity index (χ3n) is 4.96. The Morgan fingerprint density at radius 3 is 1.00 bits per heavy atom. The summed E-state index contributed by atoms with van der Waals surface area (Å²) in [7, 11) is -11.7. The average molecular weight is 660 g/mol. The first kappa shape index (κ1) is 39.1. The summed E-state index contributed by atoms with van der Waals surface area (Å²) in [6.45, 7) is 18.6. The van der Waals surface area contributed by atoms with E-state index in [-0.39, 0.29) is 47.8 Å². The smallest absolute Gasteiger partial charge is 0.478 e. The first-order valence-corrected chi connectivity index (χ1v) is 13.3. The minimum atomic E-state index is -5.84. The van der Waals surface area contributed by atoms with Gasteiger partial charge in [-0.05, 0) is 24.7 Å². The van der Waals surface area contributed by atoms with Crippen LogP contribution >= 0.6 is 0 Å². The van der Waals surface area contributed by atoms with Gasteiger partial charge in [0.05, 0.1) is 12.1 Å². The second-order valence-electron chi connectivity index (χ2n) is 10.7. The largest absolute Gasteiger partial charge is 0.522 e. The van der Waals surface area contributed by atoms with Gasteiger partial charge in [0.1, 0.15) is 18.6 Å². The van der Waals surface area contributed by atoms with Crippen molar-refractivity contribution in [2.45, 2.75) is 78.5 Å². The van der Waals surface area contributed by atoms with Gasteiger partial charge in [0.2, 0.25) is 0 Å². The van der Waals surface area contributed by atoms with Gasteiger partial charge in [0, 0.05) is 19.5 Å². The standard InChI is InChI=1S/C17H30N2O2.2CHF3O3S.Zn/c1-15(2,3)11-9-20-13(18-11)17(7,8)14-19-12(10-21-14)16(4,5)6;2*2-1(3,4)8(5,6)7;/h11-12H,9-10H2,1-8H3;2*(H,5,6,7);/t11-,12-;;;/m1.../s1. The van der Waals surface area contributed by atoms with E-state index in [1.165, 1.54) is 0 Å². The topological polar surface area (TPSA) is 152 Å². The molecule has 0 saturated heterocycles. The number of hydrogen-bond donors (Lipinski definition) is 2. The van der Waals surface area contributed by atoms with Gasteiger partial charge in [-0.15, -0.1) is 0 Å². The SMILES string of the molecule is CC(C)(C1=N[C@@H](C(C)(C)C)CO1)C1=N[C@@H](C(C)(C)C)CO1.O=S(=O)(O)C(F)(F)F.O=S(=O)(O)C(F)(F)F.[Zn]. The Morgan fingerprint density at radius 2 is 0.868 bits per heavy atom. The predicted octanol–water partition coefficient (Wildman–Crippen LogP) is 4.48. The van der Waals surface area contributed by atoms with Gasteiger partial charge < -0.3 is 9.47 Å². The van der Waals surface area contributed by atoms with Crippen molar-refractivity contribution in [3.05, 3.63) is 0 Å². The molecule has 0 unspecified atom stereocenters. The molecule has 2 rings (SSSR count). The Morgan fingerprint density at radius 1 is 0.658 bits per heavy atom. The molecule has 2 atom stereocenters. The summed E-state index contributed by atoms with van der Waals surface area (Å²) in [5, 5.41) is 0. The molecule has 0 aromatic heterocycles. The Hall–Kier alpha value is -1.04. The van der Waals surface area contributed by atoms with Crippen molar-refractivity contribution in [2.75, 3.05) is 13.2 Å². The van der Waals surface area contributed by atoms with Crippen LogP contribution in [-0.4, -0.2) is 74.1 Å². The number of alkyl halides is 6. The van der Waals surface area contributed by atoms with Gasteiger partial charge in [0.15, 0.2) is 11.8 Å². The van der Waals surface area contributed by atoms with Gasteiger partial charge >= 0.3 is 31.3 Å². The Balaban J connectivity index is 0. The fourth-order valence-electron chi connectivity index (χ4n) is 2.41. The second-order valence-corrected chi connectivity index (χ2v) is 13.5. The van der Waals surface area contributed by atoms with Crippen molar-refractivity contribution in [1.29, 1.82) is 0 Å². The summed E-state index contributed by atoms with van der Waals surface area (Å²) >= 11 is 0. The third kappa shape index (κ3) is 11.6. The molecule has 0 aromatic carbocycles. The summed E-state index contributed by atoms with van der Waals surface area (Å²) in [4.78, 5) is 9.59. The van der Waals surface area contributed by atoms with Crippen molar-refractivity contribution < 1.29 is 81.2 Å². The normalized spacial score (nSPS) is 20.8. The van der Waals surface area contributed by atoms with Crippen LogP contribution in [-0.2, 0) is 49.2 Å². The van der Waals surface area contributed by atoms with Crippen LogP contribution in [0.2, 0.25) is 0 Å². The molecule has 0 radical (unpaired) electrons. The quantitative estimate of drug-likeness (QED) is 0.191. The van der Waals surface area contributed by atoms with Crippen LogP contribution in [0, 0.1) is 16.2 Å². The molecule has 0 saturated carbocycles. The Labute approximate surface area is 230 Å². The summed E-state index contributed by atoms with van der Waals surface area (Å²) in [5.74, 6) is 1.52. The van der Waals surface area contributed by atoms with E-state index in [1.54, 1.807) is 0 Å². The maximum atomic E-state index is 10.7. The number of halogens is 6. The second kappa shape index (κ2) is 12.6. The van der Waals surface area contributed by atoms with Crippen LogP contribution in [0.3, 0.4) is 0 Å². The zero-order valence-electron chi connectivity index (χ0n) is 22.1. The van der Waals surface area contributed by atoms with Gasteiger partial charge in [0.25, 0.3) is 0 Å². The van der Waals surface area contributed by atoms with Crippen molar-refractivity contribution in [2.24, 2.45) is 26.2 Å². The van der Waals surface area contributed by atoms with E-state index < -0.39 is 31.3 Å². The van der Waals surface area contributed by atoms with Crippen LogP contribution in [0.15, 0.2) is 9.98 Å². The molecular formula is C19H32F6N2O8S2Zn. The summed E-state index contributed by atoms with van der Waals surface area (Å²) in [6.07, 6.45) is 0. The number of ether oxygens (including phenoxy) is 2. The molecule has 0 amide bonds. The van der Waals surface area contributed by atoms with E-state index in [9.17, 15) is 26.3 Å². The molecule has 0 aliphatic carbocycles. The van der Waals surface area contributed by atoms with Crippen molar-refractivity contribution in [1.82, 2.24) is 0 Å². The first-order valence-electron chi connectivity index (χ1n) is 10.4. The molecule has 0 bridgehead atoms. The van der Waals surface area contributed by atoms with Crippen LogP contribution < -0.4 is 0 Å². The molecule has 10 nitrogen and oxygen atoms in total. The van der Waals surface area contributed by atoms with Crippen molar-refractivity contribution in [3.8, 4) is 0 Å². The number of hydrogen-bond acceptors (Lipinski definition) is 8. The van der Waals surface area contributed by atoms with Crippen LogP contribution in [0.1, 0.15) is 55.4 Å². The van der Waals surface area contributed by atoms with Crippen molar-refractivity contribution >= 4 is 32.0 Å². The van der Waals surface area contributed by atoms with E-state index in [0.29, 0.717) is 13.2 Å². The summed E-state index contributed by atoms with van der Waals surface area (Å²) in [6, 6.07) is 0.402. The molecule has 0 fully saturated rings. The third-order valence-corrected chi connectivity index (χ3v) is 6.13. The van der Waals surface area contributed by atoms with E-state index in [1.807, 2.05) is 0 Å². The Bertz CT molecular complexity index is 990. The minimum Gasteiger partial charge on any atom is -0.478 e. The van der Waals surface area contributed by atoms with Gasteiger partial charge in [-0.1, -0.05) is 41.5 Å². The molecule has 2 aliphatic heterocycles. The number of rotatable bonds is 2. The number of nitrogens with zero attached hydrogens (tertiary/aromatic N) is 2. The molecule has 0 spiro atoms. The summed E-state index contributed by atoms with van der Waals surface area (Å²) in [5.41, 5.74) is -11.2. The molecule has 2 heterocycles. The molecule has 19 heteroatoms. The van der Waals surface area contributed by atoms with E-state index in [2.05, 4.69) is 55.4 Å². The maximum Gasteiger partial charge on any atom is 0.522 e. The number of aliphatic imine (C=N–C) groups is 2. The van der Waals surface area contributed by atoms with Crippen molar-refractivity contribution in [3.63, 3.8) is 0 Å². The fraction of sp³-hybridized carbons (Fsp3) is 0.895. The molecule has 38 heavy (non-hydrogen) atoms. The molecule has 2 N–H and O–H groups in total. The van der Waals surface area contributed by atoms with Crippen LogP contribution in [0.5, 0.6) is 0 Å². The van der Waals surface area contributed by atoms with Gasteiger partial charge in [-0.25, -0.2) is 9.98 Å². The monoisotopic (exact) mass is 658 g/mol. The Kier molecular flexibility index (Phi) is 13.0. The first-order chi connectivity index (χ1) is 15.9. The predicted molar refractivity (Wildman–Crippen MR) is 122 cm³/mol. The van der Waals surface area contributed by atoms with Gasteiger partial charge in [-0.3, -0.25) is 9.11 Å². The maximum absolute atomic E-state index is 10.7. The molecular weight excluding hydrogens is 628 g/mol. The fourth-order valence-corrected chi connectivity index (χ4v) is 2.41. The average Bonchev–Trinajstić information content (AvgIpc) is 3.29. The molecule has 222 valence electrons. The van der Waals surface area contributed by atoms with Crippen LogP contribution in [0.4, 0.5) is 26.3 Å². The van der Waals surface area contributed by atoms with E-state index in [4.69, 9.17) is 45.4 Å². The van der Waals surface area contributed by atoms with Crippen LogP contribution in [0.25, 0.3) is 0 Å². The molecule has 2 aliphatic rings. The van der Waals surface area contributed by atoms with E-state index >= 15 is 0 Å². The zero-order chi connectivity index (χ0) is 30.1. The minimum absolute atomic E-state index is 0. The van der Waals surface area contributed by atoms with Gasteiger partial charge in [-0.2, -0.15) is 43.2 Å². The zero-order valence-corrected chi connectivity index (χ0v) is 26.7.